The van der Waals surface area contributed by atoms with E-state index < -0.39 is 0 Å². The van der Waals surface area contributed by atoms with Crippen molar-refractivity contribution in [1.29, 1.82) is 0 Å². The van der Waals surface area contributed by atoms with E-state index in [1.165, 1.54) is 38.5 Å². The van der Waals surface area contributed by atoms with E-state index in [9.17, 15) is 4.79 Å². The Morgan fingerprint density at radius 1 is 0.972 bits per heavy atom. The number of allylic oxidation sites excluding steroid dienone is 4. The SMILES string of the molecule is CCCCOC(=O)[C@@]1(C)CC[C@]2(C)CC[C@]3(C)C(=CCC4[C@@]5(C)CC=CC(C)(C)C5CC[C@]43C)C2C1. The lowest BCUT2D eigenvalue weighted by atomic mass is 9.34. The third kappa shape index (κ3) is 3.58. The topological polar surface area (TPSA) is 26.3 Å². The van der Waals surface area contributed by atoms with Gasteiger partial charge < -0.3 is 4.74 Å². The highest BCUT2D eigenvalue weighted by Gasteiger charge is 2.67. The van der Waals surface area contributed by atoms with Crippen molar-refractivity contribution in [2.75, 3.05) is 6.61 Å². The van der Waals surface area contributed by atoms with Crippen LogP contribution in [-0.2, 0) is 9.53 Å². The first-order valence-electron chi connectivity index (χ1n) is 15.3. The first-order chi connectivity index (χ1) is 16.8. The molecule has 0 N–H and O–H groups in total. The van der Waals surface area contributed by atoms with Gasteiger partial charge in [0.2, 0.25) is 0 Å². The third-order valence-corrected chi connectivity index (χ3v) is 13.3. The van der Waals surface area contributed by atoms with E-state index in [1.807, 2.05) is 0 Å². The Morgan fingerprint density at radius 3 is 2.42 bits per heavy atom. The molecule has 202 valence electrons. The highest BCUT2D eigenvalue weighted by Crippen LogP contribution is 2.75. The average molecular weight is 495 g/mol. The molecule has 5 aliphatic carbocycles. The molecule has 0 aliphatic heterocycles. The summed E-state index contributed by atoms with van der Waals surface area (Å²) in [5.74, 6) is 2.09. The van der Waals surface area contributed by atoms with Crippen molar-refractivity contribution in [3.05, 3.63) is 23.8 Å². The Kier molecular flexibility index (Phi) is 6.25. The lowest BCUT2D eigenvalue weighted by Gasteiger charge is -2.70. The number of esters is 1. The van der Waals surface area contributed by atoms with Crippen LogP contribution in [0.5, 0.6) is 0 Å². The number of unbranched alkanes of at least 4 members (excludes halogenated alkanes) is 1. The Labute approximate surface area is 222 Å². The van der Waals surface area contributed by atoms with E-state index in [0.29, 0.717) is 34.2 Å². The number of hydrogen-bond donors (Lipinski definition) is 0. The predicted molar refractivity (Wildman–Crippen MR) is 149 cm³/mol. The molecule has 8 atom stereocenters. The lowest BCUT2D eigenvalue weighted by Crippen LogP contribution is -2.62. The molecule has 0 aromatic carbocycles. The molecule has 5 aliphatic rings. The summed E-state index contributed by atoms with van der Waals surface area (Å²) in [5, 5.41) is 0. The van der Waals surface area contributed by atoms with E-state index in [1.54, 1.807) is 5.57 Å². The van der Waals surface area contributed by atoms with Crippen molar-refractivity contribution >= 4 is 5.97 Å². The second kappa shape index (κ2) is 8.47. The van der Waals surface area contributed by atoms with Gasteiger partial charge in [-0.1, -0.05) is 78.7 Å². The minimum atomic E-state index is -0.337. The standard InChI is InChI=1S/C34H54O2/c1-9-10-22-36-28(35)31(5)19-18-30(4)20-21-33(7)24(25(30)23-31)12-13-27-32(6)16-11-15-29(2,3)26(32)14-17-34(27,33)8/h11-12,15,25-27H,9-10,13-14,16-23H2,1-8H3/t25?,26?,27?,30-,31+,32+,33-,34-/m1/s1. The van der Waals surface area contributed by atoms with Crippen LogP contribution < -0.4 is 0 Å². The minimum Gasteiger partial charge on any atom is -0.465 e. The summed E-state index contributed by atoms with van der Waals surface area (Å²) in [4.78, 5) is 13.3. The lowest BCUT2D eigenvalue weighted by molar-refractivity contribution is -0.170. The molecule has 0 spiro atoms. The maximum atomic E-state index is 13.3. The quantitative estimate of drug-likeness (QED) is 0.221. The van der Waals surface area contributed by atoms with Gasteiger partial charge in [-0.3, -0.25) is 4.79 Å². The van der Waals surface area contributed by atoms with Crippen LogP contribution in [0.15, 0.2) is 23.8 Å². The Bertz CT molecular complexity index is 958. The van der Waals surface area contributed by atoms with Crippen molar-refractivity contribution < 1.29 is 9.53 Å². The number of fused-ring (bicyclic) bond motifs is 7. The van der Waals surface area contributed by atoms with Gasteiger partial charge in [-0.2, -0.15) is 0 Å². The molecule has 2 heteroatoms. The number of hydrogen-bond acceptors (Lipinski definition) is 2. The molecule has 0 saturated heterocycles. The molecule has 0 bridgehead atoms. The van der Waals surface area contributed by atoms with E-state index in [-0.39, 0.29) is 16.8 Å². The monoisotopic (exact) mass is 494 g/mol. The predicted octanol–water partition coefficient (Wildman–Crippen LogP) is 9.30. The summed E-state index contributed by atoms with van der Waals surface area (Å²) in [6.07, 6.45) is 20.7. The Hall–Kier alpha value is -1.05. The van der Waals surface area contributed by atoms with Gasteiger partial charge in [0.1, 0.15) is 0 Å². The number of rotatable bonds is 4. The minimum absolute atomic E-state index is 0.0648. The van der Waals surface area contributed by atoms with Crippen molar-refractivity contribution in [3.8, 4) is 0 Å². The maximum absolute atomic E-state index is 13.3. The molecule has 0 aromatic heterocycles. The van der Waals surface area contributed by atoms with Crippen LogP contribution in [0.4, 0.5) is 0 Å². The van der Waals surface area contributed by atoms with Crippen LogP contribution in [0.2, 0.25) is 0 Å². The third-order valence-electron chi connectivity index (χ3n) is 13.3. The first kappa shape index (κ1) is 26.6. The largest absolute Gasteiger partial charge is 0.465 e. The van der Waals surface area contributed by atoms with E-state index in [0.717, 1.165) is 43.9 Å². The van der Waals surface area contributed by atoms with Gasteiger partial charge in [0.15, 0.2) is 0 Å². The Balaban J connectivity index is 1.49. The molecule has 3 fully saturated rings. The molecule has 0 radical (unpaired) electrons. The summed E-state index contributed by atoms with van der Waals surface area (Å²) >= 11 is 0. The molecule has 5 rings (SSSR count). The summed E-state index contributed by atoms with van der Waals surface area (Å²) in [6.45, 7) is 20.4. The van der Waals surface area contributed by atoms with Crippen LogP contribution in [0.3, 0.4) is 0 Å². The zero-order chi connectivity index (χ0) is 26.2. The van der Waals surface area contributed by atoms with Gasteiger partial charge in [-0.15, -0.1) is 0 Å². The van der Waals surface area contributed by atoms with Gasteiger partial charge in [-0.05, 0) is 116 Å². The fourth-order valence-corrected chi connectivity index (χ4v) is 10.6. The molecular weight excluding hydrogens is 440 g/mol. The van der Waals surface area contributed by atoms with Crippen molar-refractivity contribution in [2.45, 2.75) is 126 Å². The van der Waals surface area contributed by atoms with Gasteiger partial charge in [0.05, 0.1) is 12.0 Å². The van der Waals surface area contributed by atoms with Crippen molar-refractivity contribution in [2.24, 2.45) is 50.2 Å². The second-order valence-electron chi connectivity index (χ2n) is 15.7. The summed E-state index contributed by atoms with van der Waals surface area (Å²) in [6, 6.07) is 0. The Morgan fingerprint density at radius 2 is 1.69 bits per heavy atom. The van der Waals surface area contributed by atoms with E-state index in [4.69, 9.17) is 4.74 Å². The number of ether oxygens (including phenoxy) is 1. The number of carbonyl (C=O) groups excluding carboxylic acids is 1. The summed E-state index contributed by atoms with van der Waals surface area (Å²) in [5.41, 5.74) is 2.97. The van der Waals surface area contributed by atoms with E-state index in [2.05, 4.69) is 73.6 Å². The van der Waals surface area contributed by atoms with Crippen LogP contribution in [0.25, 0.3) is 0 Å². The smallest absolute Gasteiger partial charge is 0.311 e. The average Bonchev–Trinajstić information content (AvgIpc) is 2.80. The van der Waals surface area contributed by atoms with Gasteiger partial charge >= 0.3 is 5.97 Å². The summed E-state index contributed by atoms with van der Waals surface area (Å²) in [7, 11) is 0. The van der Waals surface area contributed by atoms with Crippen molar-refractivity contribution in [1.82, 2.24) is 0 Å². The van der Waals surface area contributed by atoms with Crippen LogP contribution in [-0.4, -0.2) is 12.6 Å². The zero-order valence-corrected chi connectivity index (χ0v) is 24.8. The highest BCUT2D eigenvalue weighted by atomic mass is 16.5. The molecule has 3 unspecified atom stereocenters. The van der Waals surface area contributed by atoms with Crippen LogP contribution >= 0.6 is 0 Å². The molecule has 0 aromatic rings. The molecule has 36 heavy (non-hydrogen) atoms. The molecule has 0 amide bonds. The van der Waals surface area contributed by atoms with Gasteiger partial charge in [0, 0.05) is 0 Å². The fourth-order valence-electron chi connectivity index (χ4n) is 10.6. The first-order valence-corrected chi connectivity index (χ1v) is 15.3. The molecular formula is C34H54O2. The van der Waals surface area contributed by atoms with Gasteiger partial charge in [-0.25, -0.2) is 0 Å². The van der Waals surface area contributed by atoms with Crippen molar-refractivity contribution in [3.63, 3.8) is 0 Å². The molecule has 2 nitrogen and oxygen atoms in total. The molecule has 0 heterocycles. The number of carbonyl (C=O) groups is 1. The zero-order valence-electron chi connectivity index (χ0n) is 24.8. The maximum Gasteiger partial charge on any atom is 0.311 e. The van der Waals surface area contributed by atoms with Crippen LogP contribution in [0.1, 0.15) is 126 Å². The normalized spacial score (nSPS) is 49.1. The molecule has 3 saturated carbocycles. The van der Waals surface area contributed by atoms with Gasteiger partial charge in [0.25, 0.3) is 0 Å². The second-order valence-corrected chi connectivity index (χ2v) is 15.7. The van der Waals surface area contributed by atoms with Crippen LogP contribution in [0, 0.1) is 50.2 Å². The highest BCUT2D eigenvalue weighted by molar-refractivity contribution is 5.76. The fraction of sp³-hybridized carbons (Fsp3) is 0.853. The van der Waals surface area contributed by atoms with E-state index >= 15 is 0 Å². The summed E-state index contributed by atoms with van der Waals surface area (Å²) < 4.78 is 5.83.